The van der Waals surface area contributed by atoms with E-state index in [1.165, 1.54) is 36.9 Å². The van der Waals surface area contributed by atoms with E-state index in [1.54, 1.807) is 0 Å². The van der Waals surface area contributed by atoms with Gasteiger partial charge in [0.1, 0.15) is 0 Å². The molecule has 1 saturated heterocycles. The number of aromatic nitrogens is 1. The molecule has 0 aliphatic carbocycles. The Labute approximate surface area is 119 Å². The summed E-state index contributed by atoms with van der Waals surface area (Å²) < 4.78 is 0. The molecule has 0 spiro atoms. The van der Waals surface area contributed by atoms with Crippen LogP contribution in [0.15, 0.2) is 24.4 Å². The van der Waals surface area contributed by atoms with Crippen LogP contribution in [0, 0.1) is 0 Å². The molecule has 0 radical (unpaired) electrons. The fourth-order valence-corrected chi connectivity index (χ4v) is 3.20. The van der Waals surface area contributed by atoms with Crippen LogP contribution in [0.3, 0.4) is 0 Å². The number of H-pyrrole nitrogens is 1. The van der Waals surface area contributed by atoms with Gasteiger partial charge in [0.15, 0.2) is 0 Å². The predicted molar refractivity (Wildman–Crippen MR) is 82.1 cm³/mol. The van der Waals surface area contributed by atoms with Gasteiger partial charge in [-0.05, 0) is 56.1 Å². The lowest BCUT2D eigenvalue weighted by atomic mass is 9.89. The number of hydrogen-bond acceptors (Lipinski definition) is 2. The molecule has 1 amide bonds. The highest BCUT2D eigenvalue weighted by molar-refractivity contribution is 5.88. The molecule has 4 nitrogen and oxygen atoms in total. The van der Waals surface area contributed by atoms with Gasteiger partial charge in [-0.25, -0.2) is 0 Å². The van der Waals surface area contributed by atoms with Crippen molar-refractivity contribution in [3.63, 3.8) is 0 Å². The molecule has 4 heteroatoms. The van der Waals surface area contributed by atoms with E-state index in [-0.39, 0.29) is 0 Å². The molecule has 106 valence electrons. The van der Waals surface area contributed by atoms with Gasteiger partial charge in [0.05, 0.1) is 0 Å². The van der Waals surface area contributed by atoms with Gasteiger partial charge in [-0.3, -0.25) is 4.79 Å². The number of fused-ring (bicyclic) bond motifs is 1. The standard InChI is InChI=1S/C16H21N3O/c1-2-19-7-5-12(6-8-19)15-10-17-16-9-13(18-11-20)3-4-14(15)16/h3-4,9-12,17H,2,5-8H2,1H3,(H,18,20). The zero-order chi connectivity index (χ0) is 13.9. The van der Waals surface area contributed by atoms with Crippen molar-refractivity contribution < 1.29 is 4.79 Å². The lowest BCUT2D eigenvalue weighted by Crippen LogP contribution is -2.32. The number of aromatic amines is 1. The smallest absolute Gasteiger partial charge is 0.211 e. The molecule has 0 unspecified atom stereocenters. The first-order valence-electron chi connectivity index (χ1n) is 7.35. The Morgan fingerprint density at radius 3 is 2.90 bits per heavy atom. The van der Waals surface area contributed by atoms with E-state index in [4.69, 9.17) is 0 Å². The number of nitrogens with zero attached hydrogens (tertiary/aromatic N) is 1. The molecular formula is C16H21N3O. The SMILES string of the molecule is CCN1CCC(c2c[nH]c3cc(NC=O)ccc23)CC1. The number of rotatable bonds is 4. The summed E-state index contributed by atoms with van der Waals surface area (Å²) in [7, 11) is 0. The van der Waals surface area contributed by atoms with Crippen molar-refractivity contribution >= 4 is 23.0 Å². The highest BCUT2D eigenvalue weighted by atomic mass is 16.1. The second-order valence-corrected chi connectivity index (χ2v) is 5.48. The first kappa shape index (κ1) is 13.2. The van der Waals surface area contributed by atoms with Gasteiger partial charge in [0.25, 0.3) is 0 Å². The molecule has 0 bridgehead atoms. The van der Waals surface area contributed by atoms with Gasteiger partial charge in [-0.15, -0.1) is 0 Å². The maximum Gasteiger partial charge on any atom is 0.211 e. The Morgan fingerprint density at radius 1 is 1.40 bits per heavy atom. The Bertz CT molecular complexity index is 597. The summed E-state index contributed by atoms with van der Waals surface area (Å²) in [6, 6.07) is 6.07. The van der Waals surface area contributed by atoms with Gasteiger partial charge >= 0.3 is 0 Å². The fourth-order valence-electron chi connectivity index (χ4n) is 3.20. The third-order valence-electron chi connectivity index (χ3n) is 4.41. The Hall–Kier alpha value is -1.81. The summed E-state index contributed by atoms with van der Waals surface area (Å²) in [6.07, 6.45) is 5.32. The minimum Gasteiger partial charge on any atom is -0.361 e. The maximum absolute atomic E-state index is 10.5. The second-order valence-electron chi connectivity index (χ2n) is 5.48. The number of carbonyl (C=O) groups is 1. The van der Waals surface area contributed by atoms with Crippen LogP contribution in [0.4, 0.5) is 5.69 Å². The van der Waals surface area contributed by atoms with Crippen molar-refractivity contribution in [2.45, 2.75) is 25.7 Å². The van der Waals surface area contributed by atoms with Crippen LogP contribution in [0.25, 0.3) is 10.9 Å². The van der Waals surface area contributed by atoms with Crippen LogP contribution >= 0.6 is 0 Å². The normalized spacial score (nSPS) is 17.4. The van der Waals surface area contributed by atoms with E-state index in [0.717, 1.165) is 17.7 Å². The first-order valence-corrected chi connectivity index (χ1v) is 7.35. The summed E-state index contributed by atoms with van der Waals surface area (Å²) in [5, 5.41) is 3.98. The Balaban J connectivity index is 1.84. The molecule has 1 aromatic heterocycles. The van der Waals surface area contributed by atoms with Crippen LogP contribution < -0.4 is 5.32 Å². The van der Waals surface area contributed by atoms with Crippen molar-refractivity contribution in [1.29, 1.82) is 0 Å². The van der Waals surface area contributed by atoms with Crippen LogP contribution in [-0.4, -0.2) is 35.9 Å². The number of carbonyl (C=O) groups excluding carboxylic acids is 1. The average molecular weight is 271 g/mol. The van der Waals surface area contributed by atoms with Crippen LogP contribution in [0.2, 0.25) is 0 Å². The van der Waals surface area contributed by atoms with E-state index in [1.807, 2.05) is 12.1 Å². The van der Waals surface area contributed by atoms with Crippen molar-refractivity contribution in [3.8, 4) is 0 Å². The molecule has 3 rings (SSSR count). The molecule has 1 aliphatic heterocycles. The number of amides is 1. The van der Waals surface area contributed by atoms with Crippen molar-refractivity contribution in [2.24, 2.45) is 0 Å². The Kier molecular flexibility index (Phi) is 3.74. The van der Waals surface area contributed by atoms with Gasteiger partial charge in [0.2, 0.25) is 6.41 Å². The van der Waals surface area contributed by atoms with Crippen molar-refractivity contribution in [2.75, 3.05) is 25.0 Å². The minimum atomic E-state index is 0.649. The summed E-state index contributed by atoms with van der Waals surface area (Å²) >= 11 is 0. The predicted octanol–water partition coefficient (Wildman–Crippen LogP) is 2.94. The van der Waals surface area contributed by atoms with E-state index < -0.39 is 0 Å². The maximum atomic E-state index is 10.5. The number of anilines is 1. The first-order chi connectivity index (χ1) is 9.81. The highest BCUT2D eigenvalue weighted by Crippen LogP contribution is 2.33. The summed E-state index contributed by atoms with van der Waals surface area (Å²) in [6.45, 7) is 5.77. The van der Waals surface area contributed by atoms with E-state index in [9.17, 15) is 4.79 Å². The zero-order valence-electron chi connectivity index (χ0n) is 11.9. The summed E-state index contributed by atoms with van der Waals surface area (Å²) in [5.41, 5.74) is 3.36. The van der Waals surface area contributed by atoms with Gasteiger partial charge in [0, 0.05) is 22.8 Å². The average Bonchev–Trinajstić information content (AvgIpc) is 2.91. The van der Waals surface area contributed by atoms with E-state index >= 15 is 0 Å². The number of likely N-dealkylation sites (tertiary alicyclic amines) is 1. The van der Waals surface area contributed by atoms with Crippen LogP contribution in [0.1, 0.15) is 31.2 Å². The molecular weight excluding hydrogens is 250 g/mol. The van der Waals surface area contributed by atoms with E-state index in [2.05, 4.69) is 34.4 Å². The lowest BCUT2D eigenvalue weighted by molar-refractivity contribution is -0.105. The molecule has 1 fully saturated rings. The quantitative estimate of drug-likeness (QED) is 0.840. The summed E-state index contributed by atoms with van der Waals surface area (Å²) in [4.78, 5) is 16.3. The number of hydrogen-bond donors (Lipinski definition) is 2. The molecule has 2 N–H and O–H groups in total. The lowest BCUT2D eigenvalue weighted by Gasteiger charge is -2.30. The highest BCUT2D eigenvalue weighted by Gasteiger charge is 2.21. The number of piperidine rings is 1. The largest absolute Gasteiger partial charge is 0.361 e. The zero-order valence-corrected chi connectivity index (χ0v) is 11.9. The van der Waals surface area contributed by atoms with Crippen molar-refractivity contribution in [3.05, 3.63) is 30.0 Å². The van der Waals surface area contributed by atoms with E-state index in [0.29, 0.717) is 12.3 Å². The minimum absolute atomic E-state index is 0.649. The second kappa shape index (κ2) is 5.67. The molecule has 1 aliphatic rings. The monoisotopic (exact) mass is 271 g/mol. The summed E-state index contributed by atoms with van der Waals surface area (Å²) in [5.74, 6) is 0.649. The van der Waals surface area contributed by atoms with Gasteiger partial charge in [-0.1, -0.05) is 13.0 Å². The molecule has 0 atom stereocenters. The van der Waals surface area contributed by atoms with Crippen molar-refractivity contribution in [1.82, 2.24) is 9.88 Å². The van der Waals surface area contributed by atoms with Gasteiger partial charge in [-0.2, -0.15) is 0 Å². The topological polar surface area (TPSA) is 48.1 Å². The number of benzene rings is 1. The molecule has 20 heavy (non-hydrogen) atoms. The Morgan fingerprint density at radius 2 is 2.20 bits per heavy atom. The molecule has 0 saturated carbocycles. The molecule has 2 aromatic rings. The third-order valence-corrected chi connectivity index (χ3v) is 4.41. The number of nitrogens with one attached hydrogen (secondary N) is 2. The molecule has 1 aromatic carbocycles. The van der Waals surface area contributed by atoms with Crippen LogP contribution in [-0.2, 0) is 4.79 Å². The molecule has 2 heterocycles. The third kappa shape index (κ3) is 2.43. The fraction of sp³-hybridized carbons (Fsp3) is 0.438. The van der Waals surface area contributed by atoms with Gasteiger partial charge < -0.3 is 15.2 Å². The van der Waals surface area contributed by atoms with Crippen LogP contribution in [0.5, 0.6) is 0 Å².